The zero-order chi connectivity index (χ0) is 17.0. The van der Waals surface area contributed by atoms with E-state index in [1.165, 1.54) is 19.4 Å². The Morgan fingerprint density at radius 1 is 1.33 bits per heavy atom. The summed E-state index contributed by atoms with van der Waals surface area (Å²) >= 11 is 0. The van der Waals surface area contributed by atoms with Crippen molar-refractivity contribution in [2.45, 2.75) is 24.3 Å². The third-order valence-electron chi connectivity index (χ3n) is 4.03. The largest absolute Gasteiger partial charge is 0.495 e. The minimum atomic E-state index is -3.72. The van der Waals surface area contributed by atoms with Crippen molar-refractivity contribution in [2.24, 2.45) is 5.92 Å². The van der Waals surface area contributed by atoms with Gasteiger partial charge in [0.2, 0.25) is 0 Å². The summed E-state index contributed by atoms with van der Waals surface area (Å²) in [5.74, 6) is 0.817. The van der Waals surface area contributed by atoms with Gasteiger partial charge in [-0.2, -0.15) is 5.10 Å². The molecule has 0 radical (unpaired) electrons. The minimum Gasteiger partial charge on any atom is -0.495 e. The van der Waals surface area contributed by atoms with Crippen LogP contribution in [0, 0.1) is 5.92 Å². The van der Waals surface area contributed by atoms with Gasteiger partial charge in [0.25, 0.3) is 10.0 Å². The Labute approximate surface area is 141 Å². The standard InChI is InChI=1S/C16H21N3O4S/c1-22-15-4-2-3-5-16(15)24(20,21)18-14-10-17-19(12-14)11-13-6-8-23-9-7-13/h2-5,10,12-13,18H,6-9,11H2,1H3. The van der Waals surface area contributed by atoms with E-state index in [1.807, 2.05) is 0 Å². The number of hydrogen-bond donors (Lipinski definition) is 1. The van der Waals surface area contributed by atoms with Crippen LogP contribution in [0.25, 0.3) is 0 Å². The Morgan fingerprint density at radius 3 is 2.83 bits per heavy atom. The number of hydrogen-bond acceptors (Lipinski definition) is 5. The summed E-state index contributed by atoms with van der Waals surface area (Å²) in [6.45, 7) is 2.32. The lowest BCUT2D eigenvalue weighted by Crippen LogP contribution is -2.20. The van der Waals surface area contributed by atoms with E-state index in [9.17, 15) is 8.42 Å². The van der Waals surface area contributed by atoms with Gasteiger partial charge in [-0.3, -0.25) is 9.40 Å². The second-order valence-electron chi connectivity index (χ2n) is 5.76. The third kappa shape index (κ3) is 3.88. The lowest BCUT2D eigenvalue weighted by Gasteiger charge is -2.21. The molecule has 0 bridgehead atoms. The van der Waals surface area contributed by atoms with Crippen LogP contribution in [0.5, 0.6) is 5.75 Å². The second kappa shape index (κ2) is 7.23. The van der Waals surface area contributed by atoms with Gasteiger partial charge in [-0.25, -0.2) is 8.42 Å². The Hall–Kier alpha value is -2.06. The normalized spacial score (nSPS) is 16.0. The second-order valence-corrected chi connectivity index (χ2v) is 7.41. The smallest absolute Gasteiger partial charge is 0.265 e. The van der Waals surface area contributed by atoms with Crippen molar-refractivity contribution < 1.29 is 17.9 Å². The number of nitrogens with zero attached hydrogens (tertiary/aromatic N) is 2. The highest BCUT2D eigenvalue weighted by molar-refractivity contribution is 7.92. The van der Waals surface area contributed by atoms with E-state index >= 15 is 0 Å². The number of para-hydroxylation sites is 1. The summed E-state index contributed by atoms with van der Waals surface area (Å²) in [5.41, 5.74) is 0.438. The van der Waals surface area contributed by atoms with Gasteiger partial charge >= 0.3 is 0 Å². The molecule has 1 aliphatic heterocycles. The lowest BCUT2D eigenvalue weighted by molar-refractivity contribution is 0.0601. The molecule has 130 valence electrons. The number of sulfonamides is 1. The first-order chi connectivity index (χ1) is 11.6. The van der Waals surface area contributed by atoms with Crippen LogP contribution in [0.3, 0.4) is 0 Å². The Morgan fingerprint density at radius 2 is 2.08 bits per heavy atom. The molecule has 1 aromatic carbocycles. The summed E-state index contributed by atoms with van der Waals surface area (Å²) in [7, 11) is -2.28. The highest BCUT2D eigenvalue weighted by atomic mass is 32.2. The third-order valence-corrected chi connectivity index (χ3v) is 5.45. The molecule has 2 aromatic rings. The molecule has 0 aliphatic carbocycles. The zero-order valence-corrected chi connectivity index (χ0v) is 14.3. The van der Waals surface area contributed by atoms with Crippen LogP contribution in [0.2, 0.25) is 0 Å². The maximum atomic E-state index is 12.5. The summed E-state index contributed by atoms with van der Waals surface area (Å²) in [5, 5.41) is 4.25. The van der Waals surface area contributed by atoms with Gasteiger partial charge in [-0.15, -0.1) is 0 Å². The quantitative estimate of drug-likeness (QED) is 0.862. The van der Waals surface area contributed by atoms with E-state index in [0.717, 1.165) is 32.6 Å². The number of nitrogens with one attached hydrogen (secondary N) is 1. The minimum absolute atomic E-state index is 0.102. The van der Waals surface area contributed by atoms with Crippen molar-refractivity contribution in [1.29, 1.82) is 0 Å². The van der Waals surface area contributed by atoms with Crippen molar-refractivity contribution in [1.82, 2.24) is 9.78 Å². The number of anilines is 1. The van der Waals surface area contributed by atoms with Crippen molar-refractivity contribution in [3.63, 3.8) is 0 Å². The number of aromatic nitrogens is 2. The molecule has 0 amide bonds. The lowest BCUT2D eigenvalue weighted by atomic mass is 10.0. The van der Waals surface area contributed by atoms with Crippen molar-refractivity contribution in [2.75, 3.05) is 25.0 Å². The molecule has 7 nitrogen and oxygen atoms in total. The average molecular weight is 351 g/mol. The predicted molar refractivity (Wildman–Crippen MR) is 89.6 cm³/mol. The molecule has 24 heavy (non-hydrogen) atoms. The van der Waals surface area contributed by atoms with Crippen LogP contribution in [0.1, 0.15) is 12.8 Å². The first-order valence-electron chi connectivity index (χ1n) is 7.84. The number of benzene rings is 1. The van der Waals surface area contributed by atoms with Gasteiger partial charge in [0.05, 0.1) is 19.0 Å². The van der Waals surface area contributed by atoms with Crippen molar-refractivity contribution in [3.8, 4) is 5.75 Å². The van der Waals surface area contributed by atoms with Crippen LogP contribution in [-0.4, -0.2) is 38.5 Å². The van der Waals surface area contributed by atoms with E-state index in [1.54, 1.807) is 29.1 Å². The topological polar surface area (TPSA) is 82.5 Å². The first-order valence-corrected chi connectivity index (χ1v) is 9.33. The zero-order valence-electron chi connectivity index (χ0n) is 13.5. The maximum Gasteiger partial charge on any atom is 0.265 e. The van der Waals surface area contributed by atoms with Crippen LogP contribution in [-0.2, 0) is 21.3 Å². The Bertz CT molecular complexity index is 782. The number of rotatable bonds is 6. The highest BCUT2D eigenvalue weighted by Crippen LogP contribution is 2.25. The molecule has 3 rings (SSSR count). The average Bonchev–Trinajstić information content (AvgIpc) is 3.02. The van der Waals surface area contributed by atoms with E-state index in [-0.39, 0.29) is 4.90 Å². The molecule has 1 aliphatic rings. The SMILES string of the molecule is COc1ccccc1S(=O)(=O)Nc1cnn(CC2CCOCC2)c1. The van der Waals surface area contributed by atoms with Crippen molar-refractivity contribution >= 4 is 15.7 Å². The highest BCUT2D eigenvalue weighted by Gasteiger charge is 2.20. The van der Waals surface area contributed by atoms with Crippen molar-refractivity contribution in [3.05, 3.63) is 36.7 Å². The van der Waals surface area contributed by atoms with E-state index in [2.05, 4.69) is 9.82 Å². The van der Waals surface area contributed by atoms with E-state index < -0.39 is 10.0 Å². The van der Waals surface area contributed by atoms with Crippen LogP contribution in [0.4, 0.5) is 5.69 Å². The van der Waals surface area contributed by atoms with Gasteiger partial charge in [0, 0.05) is 26.0 Å². The molecule has 0 saturated carbocycles. The van der Waals surface area contributed by atoms with Gasteiger partial charge in [0.1, 0.15) is 10.6 Å². The van der Waals surface area contributed by atoms with Crippen LogP contribution in [0.15, 0.2) is 41.6 Å². The molecule has 0 spiro atoms. The van der Waals surface area contributed by atoms with Gasteiger partial charge in [0.15, 0.2) is 0 Å². The summed E-state index contributed by atoms with van der Waals surface area (Å²) in [6.07, 6.45) is 5.24. The molecule has 1 N–H and O–H groups in total. The predicted octanol–water partition coefficient (Wildman–Crippen LogP) is 2.12. The summed E-state index contributed by atoms with van der Waals surface area (Å²) in [6, 6.07) is 6.51. The fourth-order valence-electron chi connectivity index (χ4n) is 2.76. The fourth-order valence-corrected chi connectivity index (χ4v) is 3.96. The molecular weight excluding hydrogens is 330 g/mol. The Balaban J connectivity index is 1.71. The van der Waals surface area contributed by atoms with Crippen LogP contribution >= 0.6 is 0 Å². The number of ether oxygens (including phenoxy) is 2. The molecule has 0 atom stereocenters. The summed E-state index contributed by atoms with van der Waals surface area (Å²) in [4.78, 5) is 0.102. The monoisotopic (exact) mass is 351 g/mol. The van der Waals surface area contributed by atoms with E-state index in [4.69, 9.17) is 9.47 Å². The van der Waals surface area contributed by atoms with Gasteiger partial charge in [-0.1, -0.05) is 12.1 Å². The molecule has 2 heterocycles. The summed E-state index contributed by atoms with van der Waals surface area (Å²) < 4.78 is 39.9. The molecule has 8 heteroatoms. The number of methoxy groups -OCH3 is 1. The molecule has 0 unspecified atom stereocenters. The molecule has 1 aromatic heterocycles. The fraction of sp³-hybridized carbons (Fsp3) is 0.438. The first kappa shape index (κ1) is 16.8. The maximum absolute atomic E-state index is 12.5. The molecule has 1 fully saturated rings. The van der Waals surface area contributed by atoms with Gasteiger partial charge in [-0.05, 0) is 30.9 Å². The van der Waals surface area contributed by atoms with Gasteiger partial charge < -0.3 is 9.47 Å². The molecule has 1 saturated heterocycles. The van der Waals surface area contributed by atoms with E-state index in [0.29, 0.717) is 17.4 Å². The Kier molecular flexibility index (Phi) is 5.06. The molecular formula is C16H21N3O4S. The van der Waals surface area contributed by atoms with Crippen LogP contribution < -0.4 is 9.46 Å².